The monoisotopic (exact) mass is 481 g/mol. The van der Waals surface area contributed by atoms with Gasteiger partial charge < -0.3 is 28.8 Å². The van der Waals surface area contributed by atoms with Crippen molar-refractivity contribution in [2.24, 2.45) is 0 Å². The maximum Gasteiger partial charge on any atom is 0.350 e. The third-order valence-electron chi connectivity index (χ3n) is 5.74. The molecule has 3 aromatic rings. The fraction of sp³-hybridized carbons (Fsp3) is 0.333. The van der Waals surface area contributed by atoms with E-state index in [9.17, 15) is 14.7 Å². The quantitative estimate of drug-likeness (QED) is 0.467. The lowest BCUT2D eigenvalue weighted by Gasteiger charge is -2.18. The summed E-state index contributed by atoms with van der Waals surface area (Å²) < 4.78 is 28.7. The van der Waals surface area contributed by atoms with E-state index in [4.69, 9.17) is 23.7 Å². The predicted octanol–water partition coefficient (Wildman–Crippen LogP) is 1.09. The number of aliphatic hydroxyl groups is 1. The fourth-order valence-corrected chi connectivity index (χ4v) is 3.96. The maximum atomic E-state index is 12.4. The summed E-state index contributed by atoms with van der Waals surface area (Å²) in [6, 6.07) is 15.8. The third kappa shape index (κ3) is 4.87. The molecular formula is C24H23N3O8. The van der Waals surface area contributed by atoms with Gasteiger partial charge in [0.25, 0.3) is 0 Å². The number of aromatic nitrogens is 3. The van der Waals surface area contributed by atoms with Crippen molar-refractivity contribution in [3.05, 3.63) is 77.6 Å². The number of carbonyl (C=O) groups excluding carboxylic acids is 2. The molecule has 35 heavy (non-hydrogen) atoms. The van der Waals surface area contributed by atoms with Crippen molar-refractivity contribution in [2.75, 3.05) is 7.11 Å². The molecule has 2 aliphatic heterocycles. The SMILES string of the molecule is COc1ccc(Cn2cc(CO[C@H]3O[C@@H]4[C@@H](OC(=O)[C@@H]4OC(=O)c4ccccc4)[C@@H]3O)nn2)cc1. The average Bonchev–Trinajstić information content (AvgIpc) is 3.54. The van der Waals surface area contributed by atoms with Gasteiger partial charge in [0.15, 0.2) is 12.4 Å². The molecule has 3 heterocycles. The minimum atomic E-state index is -1.30. The van der Waals surface area contributed by atoms with E-state index in [-0.39, 0.29) is 12.2 Å². The summed E-state index contributed by atoms with van der Waals surface area (Å²) in [5.74, 6) is -0.698. The van der Waals surface area contributed by atoms with Crippen LogP contribution in [-0.2, 0) is 36.9 Å². The molecule has 2 aliphatic rings. The Bertz CT molecular complexity index is 1180. The van der Waals surface area contributed by atoms with Crippen LogP contribution in [0.3, 0.4) is 0 Å². The molecule has 0 radical (unpaired) electrons. The second-order valence-electron chi connectivity index (χ2n) is 8.12. The fourth-order valence-electron chi connectivity index (χ4n) is 3.96. The van der Waals surface area contributed by atoms with Crippen molar-refractivity contribution in [2.45, 2.75) is 43.9 Å². The Morgan fingerprint density at radius 3 is 2.63 bits per heavy atom. The Hall–Kier alpha value is -3.80. The lowest BCUT2D eigenvalue weighted by atomic mass is 10.1. The van der Waals surface area contributed by atoms with Gasteiger partial charge in [-0.25, -0.2) is 14.3 Å². The Balaban J connectivity index is 1.16. The summed E-state index contributed by atoms with van der Waals surface area (Å²) >= 11 is 0. The van der Waals surface area contributed by atoms with Crippen LogP contribution in [0.25, 0.3) is 0 Å². The Morgan fingerprint density at radius 1 is 1.11 bits per heavy atom. The van der Waals surface area contributed by atoms with Crippen LogP contribution in [0.15, 0.2) is 60.8 Å². The topological polar surface area (TPSA) is 131 Å². The van der Waals surface area contributed by atoms with Crippen LogP contribution in [-0.4, -0.2) is 69.9 Å². The van der Waals surface area contributed by atoms with Crippen LogP contribution in [0.5, 0.6) is 5.75 Å². The molecule has 0 spiro atoms. The summed E-state index contributed by atoms with van der Waals surface area (Å²) in [5, 5.41) is 18.7. The van der Waals surface area contributed by atoms with Crippen molar-refractivity contribution < 1.29 is 38.4 Å². The highest BCUT2D eigenvalue weighted by Crippen LogP contribution is 2.34. The first-order chi connectivity index (χ1) is 17.0. The molecule has 0 bridgehead atoms. The molecule has 2 fully saturated rings. The van der Waals surface area contributed by atoms with Crippen molar-refractivity contribution in [3.63, 3.8) is 0 Å². The van der Waals surface area contributed by atoms with Crippen LogP contribution < -0.4 is 4.74 Å². The number of hydrogen-bond donors (Lipinski definition) is 1. The zero-order valence-electron chi connectivity index (χ0n) is 18.7. The molecule has 5 rings (SSSR count). The minimum Gasteiger partial charge on any atom is -0.497 e. The van der Waals surface area contributed by atoms with Crippen LogP contribution in [0, 0.1) is 0 Å². The van der Waals surface area contributed by atoms with E-state index in [2.05, 4.69) is 10.3 Å². The highest BCUT2D eigenvalue weighted by atomic mass is 16.7. The molecule has 0 unspecified atom stereocenters. The van der Waals surface area contributed by atoms with Crippen molar-refractivity contribution in [3.8, 4) is 5.75 Å². The highest BCUT2D eigenvalue weighted by Gasteiger charge is 2.59. The first-order valence-electron chi connectivity index (χ1n) is 11.0. The van der Waals surface area contributed by atoms with Gasteiger partial charge in [-0.2, -0.15) is 0 Å². The standard InChI is InChI=1S/C24H23N3O8/c1-31-17-9-7-14(8-10-17)11-27-12-16(25-26-27)13-32-24-18(28)19-20(35-24)21(23(30)33-19)34-22(29)15-5-3-2-4-6-15/h2-10,12,18-21,24,28H,11,13H2,1H3/t18-,19-,20+,21+,24-/m0/s1. The van der Waals surface area contributed by atoms with E-state index in [1.165, 1.54) is 0 Å². The maximum absolute atomic E-state index is 12.4. The Morgan fingerprint density at radius 2 is 1.89 bits per heavy atom. The second-order valence-corrected chi connectivity index (χ2v) is 8.12. The molecule has 5 atom stereocenters. The van der Waals surface area contributed by atoms with Crippen molar-refractivity contribution in [1.82, 2.24) is 15.0 Å². The van der Waals surface area contributed by atoms with Gasteiger partial charge in [-0.05, 0) is 29.8 Å². The lowest BCUT2D eigenvalue weighted by Crippen LogP contribution is -2.35. The van der Waals surface area contributed by atoms with Gasteiger partial charge in [-0.15, -0.1) is 5.10 Å². The van der Waals surface area contributed by atoms with Gasteiger partial charge in [-0.3, -0.25) is 0 Å². The number of aliphatic hydroxyl groups excluding tert-OH is 1. The van der Waals surface area contributed by atoms with Gasteiger partial charge in [0.05, 0.1) is 32.0 Å². The van der Waals surface area contributed by atoms with Crippen LogP contribution in [0.2, 0.25) is 0 Å². The van der Waals surface area contributed by atoms with E-state index < -0.39 is 42.6 Å². The molecule has 2 aromatic carbocycles. The third-order valence-corrected chi connectivity index (χ3v) is 5.74. The number of nitrogens with zero attached hydrogens (tertiary/aromatic N) is 3. The van der Waals surface area contributed by atoms with Gasteiger partial charge in [0.1, 0.15) is 23.7 Å². The smallest absolute Gasteiger partial charge is 0.350 e. The van der Waals surface area contributed by atoms with Crippen LogP contribution in [0.4, 0.5) is 0 Å². The second kappa shape index (κ2) is 9.82. The number of hydrogen-bond acceptors (Lipinski definition) is 10. The Kier molecular flexibility index (Phi) is 6.45. The van der Waals surface area contributed by atoms with Gasteiger partial charge in [0.2, 0.25) is 6.10 Å². The van der Waals surface area contributed by atoms with E-state index >= 15 is 0 Å². The molecule has 11 nitrogen and oxygen atoms in total. The van der Waals surface area contributed by atoms with Gasteiger partial charge in [0, 0.05) is 0 Å². The molecule has 2 saturated heterocycles. The molecular weight excluding hydrogens is 458 g/mol. The molecule has 1 aromatic heterocycles. The first kappa shape index (κ1) is 23.0. The zero-order chi connectivity index (χ0) is 24.4. The van der Waals surface area contributed by atoms with Gasteiger partial charge >= 0.3 is 11.9 Å². The molecule has 0 aliphatic carbocycles. The van der Waals surface area contributed by atoms with E-state index in [1.54, 1.807) is 48.3 Å². The van der Waals surface area contributed by atoms with E-state index in [0.717, 1.165) is 11.3 Å². The van der Waals surface area contributed by atoms with Crippen molar-refractivity contribution in [1.29, 1.82) is 0 Å². The largest absolute Gasteiger partial charge is 0.497 e. The number of methoxy groups -OCH3 is 1. The predicted molar refractivity (Wildman–Crippen MR) is 117 cm³/mol. The number of rotatable bonds is 8. The molecule has 0 saturated carbocycles. The van der Waals surface area contributed by atoms with E-state index in [1.807, 2.05) is 24.3 Å². The summed E-state index contributed by atoms with van der Waals surface area (Å²) in [6.07, 6.45) is -3.92. The average molecular weight is 481 g/mol. The van der Waals surface area contributed by atoms with Crippen LogP contribution >= 0.6 is 0 Å². The summed E-state index contributed by atoms with van der Waals surface area (Å²) in [5.41, 5.74) is 1.83. The number of fused-ring (bicyclic) bond motifs is 1. The number of esters is 2. The number of carbonyl (C=O) groups is 2. The van der Waals surface area contributed by atoms with E-state index in [0.29, 0.717) is 12.2 Å². The minimum absolute atomic E-state index is 0.00615. The molecule has 182 valence electrons. The van der Waals surface area contributed by atoms with Crippen LogP contribution in [0.1, 0.15) is 21.6 Å². The summed E-state index contributed by atoms with van der Waals surface area (Å²) in [7, 11) is 1.61. The normalized spacial score (nSPS) is 25.2. The van der Waals surface area contributed by atoms with Gasteiger partial charge in [-0.1, -0.05) is 35.5 Å². The first-order valence-corrected chi connectivity index (χ1v) is 11.0. The van der Waals surface area contributed by atoms with Crippen molar-refractivity contribution >= 4 is 11.9 Å². The molecule has 1 N–H and O–H groups in total. The number of ether oxygens (including phenoxy) is 5. The Labute approximate surface area is 200 Å². The lowest BCUT2D eigenvalue weighted by molar-refractivity contribution is -0.191. The molecule has 0 amide bonds. The summed E-state index contributed by atoms with van der Waals surface area (Å²) in [4.78, 5) is 24.6. The molecule has 11 heteroatoms. The number of benzene rings is 2. The highest BCUT2D eigenvalue weighted by molar-refractivity contribution is 5.92. The summed E-state index contributed by atoms with van der Waals surface area (Å²) in [6.45, 7) is 0.514. The zero-order valence-corrected chi connectivity index (χ0v) is 18.7.